The molecule has 25 heavy (non-hydrogen) atoms. The van der Waals surface area contributed by atoms with Crippen molar-refractivity contribution in [3.8, 4) is 0 Å². The van der Waals surface area contributed by atoms with Crippen LogP contribution in [-0.2, 0) is 11.2 Å². The molecule has 0 aliphatic heterocycles. The van der Waals surface area contributed by atoms with Crippen LogP contribution in [0.25, 0.3) is 0 Å². The third-order valence-electron chi connectivity index (χ3n) is 4.56. The van der Waals surface area contributed by atoms with Crippen LogP contribution in [0.5, 0.6) is 0 Å². The minimum atomic E-state index is -0.0450. The van der Waals surface area contributed by atoms with Crippen LogP contribution in [0.4, 0.5) is 5.69 Å². The molecule has 1 aromatic rings. The number of hydrogen-bond donors (Lipinski definition) is 3. The molecule has 2 rings (SSSR count). The summed E-state index contributed by atoms with van der Waals surface area (Å²) in [7, 11) is 1.82. The second-order valence-corrected chi connectivity index (χ2v) is 6.73. The van der Waals surface area contributed by atoms with E-state index < -0.39 is 0 Å². The number of nitrogens with zero attached hydrogens (tertiary/aromatic N) is 1. The lowest BCUT2D eigenvalue weighted by molar-refractivity contribution is -0.114. The molecular weight excluding hydrogens is 427 g/mol. The standard InChI is InChI=1S/C19H30N4O.HI/c1-14-4-8-18(9-5-14)23-19(20-3)21-13-12-16-6-10-17(11-7-16)22-15(2)24;/h6-7,10-11,14,18H,4-5,8-9,12-13H2,1-3H3,(H,22,24)(H2,20,21,23);1H. The molecule has 0 heterocycles. The van der Waals surface area contributed by atoms with Crippen molar-refractivity contribution in [2.75, 3.05) is 18.9 Å². The van der Waals surface area contributed by atoms with Gasteiger partial charge in [-0.05, 0) is 55.7 Å². The zero-order valence-corrected chi connectivity index (χ0v) is 17.8. The van der Waals surface area contributed by atoms with Crippen LogP contribution in [-0.4, -0.2) is 31.5 Å². The molecule has 6 heteroatoms. The van der Waals surface area contributed by atoms with Crippen molar-refractivity contribution in [2.45, 2.75) is 52.0 Å². The highest BCUT2D eigenvalue weighted by Gasteiger charge is 2.18. The van der Waals surface area contributed by atoms with Crippen molar-refractivity contribution in [2.24, 2.45) is 10.9 Å². The fourth-order valence-corrected chi connectivity index (χ4v) is 3.08. The van der Waals surface area contributed by atoms with E-state index in [1.807, 2.05) is 31.3 Å². The summed E-state index contributed by atoms with van der Waals surface area (Å²) < 4.78 is 0. The number of halogens is 1. The number of guanidine groups is 1. The predicted molar refractivity (Wildman–Crippen MR) is 116 cm³/mol. The highest BCUT2D eigenvalue weighted by molar-refractivity contribution is 14.0. The van der Waals surface area contributed by atoms with Crippen LogP contribution < -0.4 is 16.0 Å². The van der Waals surface area contributed by atoms with Crippen LogP contribution in [0, 0.1) is 5.92 Å². The number of anilines is 1. The average molecular weight is 458 g/mol. The fraction of sp³-hybridized carbons (Fsp3) is 0.579. The first-order valence-corrected chi connectivity index (χ1v) is 8.90. The molecular formula is C19H31IN4O. The lowest BCUT2D eigenvalue weighted by Gasteiger charge is -2.28. The van der Waals surface area contributed by atoms with Crippen LogP contribution in [0.15, 0.2) is 29.3 Å². The van der Waals surface area contributed by atoms with E-state index in [1.165, 1.54) is 38.2 Å². The van der Waals surface area contributed by atoms with Gasteiger partial charge in [0.15, 0.2) is 5.96 Å². The Bertz CT molecular complexity index is 551. The molecule has 5 nitrogen and oxygen atoms in total. The third kappa shape index (κ3) is 8.07. The maximum atomic E-state index is 11.0. The number of amides is 1. The highest BCUT2D eigenvalue weighted by atomic mass is 127. The average Bonchev–Trinajstić information content (AvgIpc) is 2.57. The van der Waals surface area contributed by atoms with E-state index in [0.717, 1.165) is 30.5 Å². The van der Waals surface area contributed by atoms with E-state index in [0.29, 0.717) is 6.04 Å². The minimum absolute atomic E-state index is 0. The monoisotopic (exact) mass is 458 g/mol. The molecule has 1 aliphatic carbocycles. The molecule has 1 fully saturated rings. The number of carbonyl (C=O) groups excluding carboxylic acids is 1. The van der Waals surface area contributed by atoms with Gasteiger partial charge in [-0.3, -0.25) is 9.79 Å². The first-order valence-electron chi connectivity index (χ1n) is 8.90. The van der Waals surface area contributed by atoms with Crippen molar-refractivity contribution in [3.63, 3.8) is 0 Å². The smallest absolute Gasteiger partial charge is 0.221 e. The summed E-state index contributed by atoms with van der Waals surface area (Å²) in [6.07, 6.45) is 5.98. The first-order chi connectivity index (χ1) is 11.6. The number of benzene rings is 1. The van der Waals surface area contributed by atoms with Crippen LogP contribution in [0.2, 0.25) is 0 Å². The number of aliphatic imine (C=N–C) groups is 1. The van der Waals surface area contributed by atoms with Gasteiger partial charge in [0.25, 0.3) is 0 Å². The highest BCUT2D eigenvalue weighted by Crippen LogP contribution is 2.23. The Morgan fingerprint density at radius 3 is 2.36 bits per heavy atom. The number of rotatable bonds is 5. The fourth-order valence-electron chi connectivity index (χ4n) is 3.08. The molecule has 0 atom stereocenters. The van der Waals surface area contributed by atoms with E-state index >= 15 is 0 Å². The Morgan fingerprint density at radius 2 is 1.80 bits per heavy atom. The zero-order chi connectivity index (χ0) is 17.4. The molecule has 0 spiro atoms. The van der Waals surface area contributed by atoms with Crippen LogP contribution >= 0.6 is 24.0 Å². The summed E-state index contributed by atoms with van der Waals surface area (Å²) in [6, 6.07) is 8.52. The molecule has 0 bridgehead atoms. The largest absolute Gasteiger partial charge is 0.356 e. The molecule has 1 aromatic carbocycles. The van der Waals surface area contributed by atoms with Gasteiger partial charge >= 0.3 is 0 Å². The van der Waals surface area contributed by atoms with Gasteiger partial charge in [0.05, 0.1) is 0 Å². The molecule has 1 aliphatic rings. The SMILES string of the molecule is CN=C(NCCc1ccc(NC(C)=O)cc1)NC1CCC(C)CC1.I. The molecule has 1 saturated carbocycles. The summed E-state index contributed by atoms with van der Waals surface area (Å²) in [4.78, 5) is 15.3. The molecule has 140 valence electrons. The Kier molecular flexibility index (Phi) is 9.85. The zero-order valence-electron chi connectivity index (χ0n) is 15.5. The normalized spacial score (nSPS) is 20.4. The number of carbonyl (C=O) groups is 1. The lowest BCUT2D eigenvalue weighted by atomic mass is 9.87. The van der Waals surface area contributed by atoms with Crippen molar-refractivity contribution in [3.05, 3.63) is 29.8 Å². The molecule has 3 N–H and O–H groups in total. The minimum Gasteiger partial charge on any atom is -0.356 e. The van der Waals surface area contributed by atoms with Crippen molar-refractivity contribution in [1.29, 1.82) is 0 Å². The third-order valence-corrected chi connectivity index (χ3v) is 4.56. The van der Waals surface area contributed by atoms with Gasteiger partial charge in [-0.25, -0.2) is 0 Å². The van der Waals surface area contributed by atoms with Gasteiger partial charge in [0.1, 0.15) is 0 Å². The topological polar surface area (TPSA) is 65.5 Å². The summed E-state index contributed by atoms with van der Waals surface area (Å²) >= 11 is 0. The Balaban J connectivity index is 0.00000312. The Hall–Kier alpha value is -1.31. The predicted octanol–water partition coefficient (Wildman–Crippen LogP) is 3.55. The van der Waals surface area contributed by atoms with Crippen molar-refractivity contribution in [1.82, 2.24) is 10.6 Å². The van der Waals surface area contributed by atoms with E-state index in [9.17, 15) is 4.79 Å². The quantitative estimate of drug-likeness (QED) is 0.359. The van der Waals surface area contributed by atoms with E-state index in [1.54, 1.807) is 0 Å². The second kappa shape index (κ2) is 11.3. The van der Waals surface area contributed by atoms with Crippen LogP contribution in [0.3, 0.4) is 0 Å². The van der Waals surface area contributed by atoms with Gasteiger partial charge in [0, 0.05) is 32.2 Å². The molecule has 1 amide bonds. The Morgan fingerprint density at radius 1 is 1.16 bits per heavy atom. The van der Waals surface area contributed by atoms with Gasteiger partial charge < -0.3 is 16.0 Å². The van der Waals surface area contributed by atoms with Crippen molar-refractivity contribution >= 4 is 41.5 Å². The number of nitrogens with one attached hydrogen (secondary N) is 3. The van der Waals surface area contributed by atoms with E-state index in [2.05, 4.69) is 27.9 Å². The molecule has 0 aromatic heterocycles. The lowest BCUT2D eigenvalue weighted by Crippen LogP contribution is -2.45. The van der Waals surface area contributed by atoms with E-state index in [4.69, 9.17) is 0 Å². The van der Waals surface area contributed by atoms with Gasteiger partial charge in [-0.2, -0.15) is 0 Å². The summed E-state index contributed by atoms with van der Waals surface area (Å²) in [5.74, 6) is 1.71. The number of hydrogen-bond acceptors (Lipinski definition) is 2. The van der Waals surface area contributed by atoms with Gasteiger partial charge in [-0.1, -0.05) is 19.1 Å². The summed E-state index contributed by atoms with van der Waals surface area (Å²) in [6.45, 7) is 4.69. The maximum Gasteiger partial charge on any atom is 0.221 e. The molecule has 0 radical (unpaired) electrons. The molecule has 0 unspecified atom stereocenters. The Labute approximate surface area is 168 Å². The van der Waals surface area contributed by atoms with Gasteiger partial charge in [-0.15, -0.1) is 24.0 Å². The molecule has 0 saturated heterocycles. The maximum absolute atomic E-state index is 11.0. The first kappa shape index (κ1) is 21.7. The summed E-state index contributed by atoms with van der Waals surface area (Å²) in [5.41, 5.74) is 2.07. The second-order valence-electron chi connectivity index (χ2n) is 6.73. The van der Waals surface area contributed by atoms with Crippen molar-refractivity contribution < 1.29 is 4.79 Å². The van der Waals surface area contributed by atoms with E-state index in [-0.39, 0.29) is 29.9 Å². The van der Waals surface area contributed by atoms with Gasteiger partial charge in [0.2, 0.25) is 5.91 Å². The summed E-state index contributed by atoms with van der Waals surface area (Å²) in [5, 5.41) is 9.71. The van der Waals surface area contributed by atoms with Crippen LogP contribution in [0.1, 0.15) is 45.1 Å².